The molecule has 0 N–H and O–H groups in total. The van der Waals surface area contributed by atoms with Crippen LogP contribution in [0.25, 0.3) is 0 Å². The Morgan fingerprint density at radius 1 is 0.946 bits per heavy atom. The first-order chi connectivity index (χ1) is 17.1. The fourth-order valence-electron chi connectivity index (χ4n) is 11.1. The van der Waals surface area contributed by atoms with Gasteiger partial charge in [0.2, 0.25) is 15.0 Å². The third kappa shape index (κ3) is 3.34. The number of nitrogens with zero attached hydrogens (tertiary/aromatic N) is 2. The molecule has 5 aliphatic carbocycles. The molecule has 0 amide bonds. The zero-order valence-corrected chi connectivity index (χ0v) is 25.2. The van der Waals surface area contributed by atoms with Crippen molar-refractivity contribution in [2.24, 2.45) is 51.8 Å². The molecular weight excluding hydrogens is 476 g/mol. The molecule has 5 heteroatoms. The highest BCUT2D eigenvalue weighted by molar-refractivity contribution is 7.90. The molecule has 1 heterocycles. The average molecular weight is 525 g/mol. The van der Waals surface area contributed by atoms with Crippen molar-refractivity contribution in [3.8, 4) is 0 Å². The van der Waals surface area contributed by atoms with Gasteiger partial charge in [-0.1, -0.05) is 66.5 Å². The maximum atomic E-state index is 12.3. The van der Waals surface area contributed by atoms with Gasteiger partial charge in [0.15, 0.2) is 0 Å². The summed E-state index contributed by atoms with van der Waals surface area (Å²) in [5.41, 5.74) is 4.50. The molecule has 6 rings (SSSR count). The van der Waals surface area contributed by atoms with E-state index in [0.717, 1.165) is 35.8 Å². The van der Waals surface area contributed by atoms with E-state index < -0.39 is 9.84 Å². The Labute approximate surface area is 225 Å². The highest BCUT2D eigenvalue weighted by atomic mass is 32.2. The van der Waals surface area contributed by atoms with E-state index in [-0.39, 0.29) is 26.8 Å². The van der Waals surface area contributed by atoms with E-state index in [9.17, 15) is 8.42 Å². The molecule has 3 fully saturated rings. The molecule has 0 spiro atoms. The van der Waals surface area contributed by atoms with Crippen molar-refractivity contribution in [3.05, 3.63) is 29.1 Å². The summed E-state index contributed by atoms with van der Waals surface area (Å²) in [6.07, 6.45) is 16.0. The summed E-state index contributed by atoms with van der Waals surface area (Å²) >= 11 is 0. The molecular formula is C32H48N2O2S. The van der Waals surface area contributed by atoms with Crippen LogP contribution in [0.2, 0.25) is 0 Å². The van der Waals surface area contributed by atoms with Gasteiger partial charge in [0, 0.05) is 17.9 Å². The van der Waals surface area contributed by atoms with Crippen LogP contribution in [0.4, 0.5) is 0 Å². The Kier molecular flexibility index (Phi) is 5.57. The highest BCUT2D eigenvalue weighted by Crippen LogP contribution is 2.73. The first kappa shape index (κ1) is 26.0. The van der Waals surface area contributed by atoms with Crippen molar-refractivity contribution < 1.29 is 8.42 Å². The molecule has 9 atom stereocenters. The van der Waals surface area contributed by atoms with Gasteiger partial charge in [0.1, 0.15) is 0 Å². The molecule has 204 valence electrons. The van der Waals surface area contributed by atoms with Crippen molar-refractivity contribution in [2.75, 3.05) is 6.26 Å². The second kappa shape index (κ2) is 7.92. The van der Waals surface area contributed by atoms with Gasteiger partial charge in [-0.3, -0.25) is 0 Å². The Morgan fingerprint density at radius 2 is 1.68 bits per heavy atom. The van der Waals surface area contributed by atoms with E-state index in [4.69, 9.17) is 4.98 Å². The first-order valence-corrected chi connectivity index (χ1v) is 16.8. The van der Waals surface area contributed by atoms with Gasteiger partial charge >= 0.3 is 0 Å². The highest BCUT2D eigenvalue weighted by Gasteiger charge is 2.67. The van der Waals surface area contributed by atoms with E-state index in [1.807, 2.05) is 11.8 Å². The van der Waals surface area contributed by atoms with Gasteiger partial charge in [-0.2, -0.15) is 0 Å². The minimum atomic E-state index is -3.43. The molecule has 0 bridgehead atoms. The van der Waals surface area contributed by atoms with Crippen molar-refractivity contribution in [2.45, 2.75) is 110 Å². The van der Waals surface area contributed by atoms with Gasteiger partial charge < -0.3 is 0 Å². The Morgan fingerprint density at radius 3 is 2.38 bits per heavy atom. The van der Waals surface area contributed by atoms with Gasteiger partial charge in [0.25, 0.3) is 0 Å². The van der Waals surface area contributed by atoms with E-state index in [0.29, 0.717) is 11.8 Å². The molecule has 1 aromatic rings. The molecule has 9 unspecified atom stereocenters. The SMILES string of the molecule is CC1CCC2CCC3(C)C(=CCC4C5(C)Cc6cnc(S(C)(=O)=O)nc6C(C)(C)C5CCC43C)C2C1C. The van der Waals surface area contributed by atoms with Crippen molar-refractivity contribution in [1.29, 1.82) is 0 Å². The van der Waals surface area contributed by atoms with Crippen LogP contribution in [0, 0.1) is 51.8 Å². The number of hydrogen-bond donors (Lipinski definition) is 0. The molecule has 0 saturated heterocycles. The summed E-state index contributed by atoms with van der Waals surface area (Å²) in [6, 6.07) is 0. The van der Waals surface area contributed by atoms with Crippen LogP contribution in [0.15, 0.2) is 23.0 Å². The standard InChI is InChI=1S/C32H48N2O2S/c1-19-9-10-21-13-15-31(6)23(26(21)20(19)2)11-12-25-30(5)17-22-18-33-28(37(8,35)36)34-27(22)29(3,4)24(30)14-16-32(25,31)7/h11,18-21,24-26H,9-10,12-17H2,1-8H3. The number of allylic oxidation sites excluding steroid dienone is 2. The van der Waals surface area contributed by atoms with Crippen LogP contribution in [0.1, 0.15) is 105 Å². The number of rotatable bonds is 1. The molecule has 0 aromatic carbocycles. The van der Waals surface area contributed by atoms with E-state index in [2.05, 4.69) is 59.5 Å². The first-order valence-electron chi connectivity index (χ1n) is 14.9. The van der Waals surface area contributed by atoms with Crippen molar-refractivity contribution >= 4 is 9.84 Å². The quantitative estimate of drug-likeness (QED) is 0.288. The zero-order valence-electron chi connectivity index (χ0n) is 24.4. The van der Waals surface area contributed by atoms with E-state index in [1.165, 1.54) is 56.8 Å². The van der Waals surface area contributed by atoms with Crippen LogP contribution in [0.3, 0.4) is 0 Å². The van der Waals surface area contributed by atoms with Crippen LogP contribution in [0.5, 0.6) is 0 Å². The fourth-order valence-corrected chi connectivity index (χ4v) is 11.6. The third-order valence-electron chi connectivity index (χ3n) is 13.4. The van der Waals surface area contributed by atoms with E-state index in [1.54, 1.807) is 0 Å². The minimum Gasteiger partial charge on any atom is -0.227 e. The fraction of sp³-hybridized carbons (Fsp3) is 0.812. The van der Waals surface area contributed by atoms with Crippen LogP contribution in [-0.2, 0) is 21.7 Å². The second-order valence-electron chi connectivity index (χ2n) is 15.2. The Hall–Kier alpha value is -1.23. The topological polar surface area (TPSA) is 59.9 Å². The monoisotopic (exact) mass is 524 g/mol. The molecule has 0 aliphatic heterocycles. The van der Waals surface area contributed by atoms with Gasteiger partial charge in [-0.25, -0.2) is 18.4 Å². The Bertz CT molecular complexity index is 1270. The largest absolute Gasteiger partial charge is 0.247 e. The second-order valence-corrected chi connectivity index (χ2v) is 17.1. The van der Waals surface area contributed by atoms with Gasteiger partial charge in [-0.15, -0.1) is 0 Å². The predicted octanol–water partition coefficient (Wildman–Crippen LogP) is 7.18. The normalized spacial score (nSPS) is 46.4. The molecule has 5 aliphatic rings. The van der Waals surface area contributed by atoms with E-state index >= 15 is 0 Å². The summed E-state index contributed by atoms with van der Waals surface area (Å²) in [6.45, 7) is 17.6. The summed E-state index contributed by atoms with van der Waals surface area (Å²) in [4.78, 5) is 9.06. The number of hydrogen-bond acceptors (Lipinski definition) is 4. The molecule has 1 aromatic heterocycles. The number of aromatic nitrogens is 2. The lowest BCUT2D eigenvalue weighted by Gasteiger charge is -2.70. The third-order valence-corrected chi connectivity index (χ3v) is 14.2. The summed E-state index contributed by atoms with van der Waals surface area (Å²) in [7, 11) is -3.43. The summed E-state index contributed by atoms with van der Waals surface area (Å²) in [5.74, 6) is 4.38. The number of sulfone groups is 1. The lowest BCUT2D eigenvalue weighted by molar-refractivity contribution is -0.154. The lowest BCUT2D eigenvalue weighted by Crippen LogP contribution is -2.63. The maximum Gasteiger partial charge on any atom is 0.247 e. The summed E-state index contributed by atoms with van der Waals surface area (Å²) in [5, 5.41) is -0.0195. The molecule has 4 nitrogen and oxygen atoms in total. The minimum absolute atomic E-state index is 0.0195. The lowest BCUT2D eigenvalue weighted by atomic mass is 9.34. The van der Waals surface area contributed by atoms with Crippen LogP contribution in [-0.4, -0.2) is 24.6 Å². The maximum absolute atomic E-state index is 12.3. The van der Waals surface area contributed by atoms with Gasteiger partial charge in [0.05, 0.1) is 5.69 Å². The molecule has 3 saturated carbocycles. The zero-order chi connectivity index (χ0) is 26.8. The van der Waals surface area contributed by atoms with Gasteiger partial charge in [-0.05, 0) is 102 Å². The van der Waals surface area contributed by atoms with Crippen LogP contribution < -0.4 is 0 Å². The predicted molar refractivity (Wildman–Crippen MR) is 149 cm³/mol. The number of fused-ring (bicyclic) bond motifs is 8. The Balaban J connectivity index is 1.44. The van der Waals surface area contributed by atoms with Crippen LogP contribution >= 0.6 is 0 Å². The summed E-state index contributed by atoms with van der Waals surface area (Å²) < 4.78 is 24.6. The average Bonchev–Trinajstić information content (AvgIpc) is 2.80. The smallest absolute Gasteiger partial charge is 0.227 e. The molecule has 37 heavy (non-hydrogen) atoms. The van der Waals surface area contributed by atoms with Crippen molar-refractivity contribution in [3.63, 3.8) is 0 Å². The molecule has 0 radical (unpaired) electrons. The van der Waals surface area contributed by atoms with Crippen molar-refractivity contribution in [1.82, 2.24) is 9.97 Å².